The number of rotatable bonds is 7. The van der Waals surface area contributed by atoms with Crippen molar-refractivity contribution in [3.05, 3.63) is 60.1 Å². The van der Waals surface area contributed by atoms with Gasteiger partial charge in [0, 0.05) is 12.3 Å². The molecule has 1 aliphatic carbocycles. The van der Waals surface area contributed by atoms with Gasteiger partial charge in [0.15, 0.2) is 0 Å². The van der Waals surface area contributed by atoms with Crippen molar-refractivity contribution in [2.24, 2.45) is 5.92 Å². The highest BCUT2D eigenvalue weighted by Gasteiger charge is 2.26. The fourth-order valence-electron chi connectivity index (χ4n) is 3.42. The first-order valence-corrected chi connectivity index (χ1v) is 9.37. The normalized spacial score (nSPS) is 16.0. The molecule has 1 saturated carbocycles. The second-order valence-corrected chi connectivity index (χ2v) is 6.88. The maximum Gasteiger partial charge on any atom is 0.243 e. The minimum Gasteiger partial charge on any atom is -0.467 e. The third-order valence-electron chi connectivity index (χ3n) is 4.91. The van der Waals surface area contributed by atoms with E-state index in [4.69, 9.17) is 4.42 Å². The van der Waals surface area contributed by atoms with Crippen LogP contribution >= 0.6 is 0 Å². The van der Waals surface area contributed by atoms with E-state index in [1.54, 1.807) is 12.3 Å². The van der Waals surface area contributed by atoms with E-state index in [0.29, 0.717) is 18.7 Å². The van der Waals surface area contributed by atoms with Gasteiger partial charge in [0.2, 0.25) is 11.8 Å². The van der Waals surface area contributed by atoms with Gasteiger partial charge < -0.3 is 15.1 Å². The Balaban J connectivity index is 1.63. The number of furan rings is 1. The van der Waals surface area contributed by atoms with E-state index in [2.05, 4.69) is 10.6 Å². The van der Waals surface area contributed by atoms with Crippen molar-refractivity contribution in [1.29, 1.82) is 0 Å². The highest BCUT2D eigenvalue weighted by molar-refractivity contribution is 5.88. The van der Waals surface area contributed by atoms with Gasteiger partial charge in [0.1, 0.15) is 11.8 Å². The molecule has 5 heteroatoms. The van der Waals surface area contributed by atoms with Gasteiger partial charge in [-0.15, -0.1) is 0 Å². The van der Waals surface area contributed by atoms with E-state index in [9.17, 15) is 9.59 Å². The van der Waals surface area contributed by atoms with Crippen molar-refractivity contribution < 1.29 is 14.0 Å². The van der Waals surface area contributed by atoms with E-state index in [1.165, 1.54) is 6.42 Å². The van der Waals surface area contributed by atoms with Crippen LogP contribution in [0.15, 0.2) is 53.1 Å². The minimum absolute atomic E-state index is 0.00113. The van der Waals surface area contributed by atoms with Crippen LogP contribution in [-0.4, -0.2) is 17.9 Å². The largest absolute Gasteiger partial charge is 0.467 e. The molecule has 0 radical (unpaired) electrons. The van der Waals surface area contributed by atoms with Crippen LogP contribution in [0.5, 0.6) is 0 Å². The van der Waals surface area contributed by atoms with Gasteiger partial charge in [-0.2, -0.15) is 0 Å². The molecule has 0 aliphatic heterocycles. The van der Waals surface area contributed by atoms with E-state index in [0.717, 1.165) is 31.2 Å². The summed E-state index contributed by atoms with van der Waals surface area (Å²) in [6.07, 6.45) is 7.26. The molecular weight excluding hydrogens is 328 g/mol. The molecule has 1 aromatic carbocycles. The molecule has 1 aliphatic rings. The van der Waals surface area contributed by atoms with Gasteiger partial charge in [0.05, 0.1) is 12.8 Å². The fraction of sp³-hybridized carbons (Fsp3) is 0.429. The van der Waals surface area contributed by atoms with Crippen molar-refractivity contribution in [3.8, 4) is 0 Å². The summed E-state index contributed by atoms with van der Waals surface area (Å²) in [7, 11) is 0. The average Bonchev–Trinajstić information content (AvgIpc) is 3.20. The van der Waals surface area contributed by atoms with Gasteiger partial charge in [-0.1, -0.05) is 49.6 Å². The zero-order valence-corrected chi connectivity index (χ0v) is 14.9. The SMILES string of the molecule is O=C(N[C@@H](Cc1ccccc1)C(=O)NCc1ccco1)C1CCCCC1. The summed E-state index contributed by atoms with van der Waals surface area (Å²) in [6, 6.07) is 12.8. The van der Waals surface area contributed by atoms with Crippen molar-refractivity contribution in [2.45, 2.75) is 51.1 Å². The molecule has 2 amide bonds. The summed E-state index contributed by atoms with van der Waals surface area (Å²) < 4.78 is 5.26. The number of hydrogen-bond acceptors (Lipinski definition) is 3. The first-order valence-electron chi connectivity index (χ1n) is 9.37. The van der Waals surface area contributed by atoms with Gasteiger partial charge in [-0.05, 0) is 30.5 Å². The molecule has 0 bridgehead atoms. The molecule has 3 rings (SSSR count). The zero-order chi connectivity index (χ0) is 18.2. The van der Waals surface area contributed by atoms with Gasteiger partial charge in [-0.3, -0.25) is 9.59 Å². The average molecular weight is 354 g/mol. The molecule has 1 heterocycles. The molecule has 0 saturated heterocycles. The minimum atomic E-state index is -0.582. The van der Waals surface area contributed by atoms with Gasteiger partial charge in [-0.25, -0.2) is 0 Å². The van der Waals surface area contributed by atoms with Crippen LogP contribution in [0.25, 0.3) is 0 Å². The summed E-state index contributed by atoms with van der Waals surface area (Å²) in [5.74, 6) is 0.531. The Morgan fingerprint density at radius 3 is 2.50 bits per heavy atom. The molecule has 0 spiro atoms. The second-order valence-electron chi connectivity index (χ2n) is 6.88. The Morgan fingerprint density at radius 1 is 1.04 bits per heavy atom. The van der Waals surface area contributed by atoms with Crippen LogP contribution < -0.4 is 10.6 Å². The predicted molar refractivity (Wildman–Crippen MR) is 99.2 cm³/mol. The first-order chi connectivity index (χ1) is 12.7. The Hall–Kier alpha value is -2.56. The Bertz CT molecular complexity index is 691. The van der Waals surface area contributed by atoms with E-state index < -0.39 is 6.04 Å². The van der Waals surface area contributed by atoms with Crippen LogP contribution in [0.3, 0.4) is 0 Å². The predicted octanol–water partition coefficient (Wildman–Crippen LogP) is 3.20. The van der Waals surface area contributed by atoms with Crippen LogP contribution in [0.4, 0.5) is 0 Å². The Kier molecular flexibility index (Phi) is 6.47. The monoisotopic (exact) mass is 354 g/mol. The molecule has 1 aromatic heterocycles. The summed E-state index contributed by atoms with van der Waals surface area (Å²) in [4.78, 5) is 25.3. The fourth-order valence-corrected chi connectivity index (χ4v) is 3.42. The molecule has 0 unspecified atom stereocenters. The van der Waals surface area contributed by atoms with E-state index in [-0.39, 0.29) is 17.7 Å². The standard InChI is InChI=1S/C21H26N2O3/c24-20(17-10-5-2-6-11-17)23-19(14-16-8-3-1-4-9-16)21(25)22-15-18-12-7-13-26-18/h1,3-4,7-9,12-13,17,19H,2,5-6,10-11,14-15H2,(H,22,25)(H,23,24)/t19-/m0/s1. The lowest BCUT2D eigenvalue weighted by molar-refractivity contribution is -0.131. The van der Waals surface area contributed by atoms with Crippen LogP contribution in [0, 0.1) is 5.92 Å². The number of amides is 2. The number of benzene rings is 1. The van der Waals surface area contributed by atoms with Crippen LogP contribution in [0.2, 0.25) is 0 Å². The van der Waals surface area contributed by atoms with Gasteiger partial charge in [0.25, 0.3) is 0 Å². The van der Waals surface area contributed by atoms with Crippen LogP contribution in [0.1, 0.15) is 43.4 Å². The number of carbonyl (C=O) groups excluding carboxylic acids is 2. The summed E-state index contributed by atoms with van der Waals surface area (Å²) in [5, 5.41) is 5.85. The van der Waals surface area contributed by atoms with Crippen molar-refractivity contribution in [2.75, 3.05) is 0 Å². The number of carbonyl (C=O) groups is 2. The van der Waals surface area contributed by atoms with Crippen molar-refractivity contribution >= 4 is 11.8 Å². The highest BCUT2D eigenvalue weighted by atomic mass is 16.3. The summed E-state index contributed by atoms with van der Waals surface area (Å²) in [6.45, 7) is 0.316. The molecule has 26 heavy (non-hydrogen) atoms. The van der Waals surface area contributed by atoms with Crippen molar-refractivity contribution in [1.82, 2.24) is 10.6 Å². The number of hydrogen-bond donors (Lipinski definition) is 2. The third-order valence-corrected chi connectivity index (χ3v) is 4.91. The highest BCUT2D eigenvalue weighted by Crippen LogP contribution is 2.23. The quantitative estimate of drug-likeness (QED) is 0.802. The lowest BCUT2D eigenvalue weighted by Crippen LogP contribution is -2.49. The third kappa shape index (κ3) is 5.22. The summed E-state index contributed by atoms with van der Waals surface area (Å²) >= 11 is 0. The lowest BCUT2D eigenvalue weighted by Gasteiger charge is -2.24. The van der Waals surface area contributed by atoms with Gasteiger partial charge >= 0.3 is 0 Å². The maximum atomic E-state index is 12.7. The van der Waals surface area contributed by atoms with Crippen molar-refractivity contribution in [3.63, 3.8) is 0 Å². The molecule has 2 aromatic rings. The molecule has 5 nitrogen and oxygen atoms in total. The Labute approximate surface area is 154 Å². The van der Waals surface area contributed by atoms with Crippen LogP contribution in [-0.2, 0) is 22.6 Å². The first kappa shape index (κ1) is 18.2. The molecule has 2 N–H and O–H groups in total. The molecular formula is C21H26N2O3. The lowest BCUT2D eigenvalue weighted by atomic mass is 9.88. The smallest absolute Gasteiger partial charge is 0.243 e. The second kappa shape index (κ2) is 9.22. The Morgan fingerprint density at radius 2 is 1.81 bits per heavy atom. The maximum absolute atomic E-state index is 12.7. The molecule has 138 valence electrons. The van der Waals surface area contributed by atoms with E-state index >= 15 is 0 Å². The molecule has 1 fully saturated rings. The summed E-state index contributed by atoms with van der Waals surface area (Å²) in [5.41, 5.74) is 1.02. The van der Waals surface area contributed by atoms with E-state index in [1.807, 2.05) is 36.4 Å². The zero-order valence-electron chi connectivity index (χ0n) is 14.9. The topological polar surface area (TPSA) is 71.3 Å². The number of nitrogens with one attached hydrogen (secondary N) is 2. The molecule has 1 atom stereocenters.